The predicted octanol–water partition coefficient (Wildman–Crippen LogP) is 1.94. The van der Waals surface area contributed by atoms with Gasteiger partial charge in [-0.2, -0.15) is 5.10 Å². The summed E-state index contributed by atoms with van der Waals surface area (Å²) in [6, 6.07) is 9.15. The lowest BCUT2D eigenvalue weighted by atomic mass is 10.3. The van der Waals surface area contributed by atoms with Crippen LogP contribution in [-0.2, 0) is 0 Å². The molecule has 0 unspecified atom stereocenters. The molecule has 0 bridgehead atoms. The fourth-order valence-electron chi connectivity index (χ4n) is 1.94. The Hall–Kier alpha value is -2.30. The van der Waals surface area contributed by atoms with Gasteiger partial charge in [0.25, 0.3) is 5.91 Å². The first-order valence-corrected chi connectivity index (χ1v) is 6.37. The number of carbonyl (C=O) groups is 1. The normalized spacial score (nSPS) is 10.4. The van der Waals surface area contributed by atoms with Gasteiger partial charge in [0.2, 0.25) is 0 Å². The van der Waals surface area contributed by atoms with E-state index >= 15 is 0 Å². The van der Waals surface area contributed by atoms with Crippen LogP contribution in [0.25, 0.3) is 5.69 Å². The Morgan fingerprint density at radius 3 is 2.58 bits per heavy atom. The van der Waals surface area contributed by atoms with Gasteiger partial charge in [0.05, 0.1) is 11.4 Å². The SMILES string of the molecule is CCN(CC)C(=O)c1ccn(-c2ccccc2N)n1. The van der Waals surface area contributed by atoms with Crippen molar-refractivity contribution in [2.75, 3.05) is 18.8 Å². The molecule has 2 aromatic rings. The second-order valence-corrected chi connectivity index (χ2v) is 4.18. The van der Waals surface area contributed by atoms with Gasteiger partial charge in [-0.15, -0.1) is 0 Å². The molecule has 0 saturated carbocycles. The maximum absolute atomic E-state index is 12.2. The maximum Gasteiger partial charge on any atom is 0.274 e. The van der Waals surface area contributed by atoms with Gasteiger partial charge in [0, 0.05) is 19.3 Å². The van der Waals surface area contributed by atoms with Crippen LogP contribution < -0.4 is 5.73 Å². The molecule has 1 heterocycles. The molecular formula is C14H18N4O. The molecule has 1 aromatic carbocycles. The third kappa shape index (κ3) is 2.59. The fraction of sp³-hybridized carbons (Fsp3) is 0.286. The average Bonchev–Trinajstić information content (AvgIpc) is 2.90. The topological polar surface area (TPSA) is 64.2 Å². The Balaban J connectivity index is 2.29. The molecule has 5 nitrogen and oxygen atoms in total. The summed E-state index contributed by atoms with van der Waals surface area (Å²) in [6.07, 6.45) is 1.75. The van der Waals surface area contributed by atoms with E-state index in [1.165, 1.54) is 0 Å². The number of anilines is 1. The number of aromatic nitrogens is 2. The second-order valence-electron chi connectivity index (χ2n) is 4.18. The first-order chi connectivity index (χ1) is 9.17. The van der Waals surface area contributed by atoms with Gasteiger partial charge in [0.15, 0.2) is 5.69 Å². The van der Waals surface area contributed by atoms with E-state index in [4.69, 9.17) is 5.73 Å². The third-order valence-corrected chi connectivity index (χ3v) is 3.04. The van der Waals surface area contributed by atoms with Crippen molar-refractivity contribution in [3.05, 3.63) is 42.2 Å². The third-order valence-electron chi connectivity index (χ3n) is 3.04. The highest BCUT2D eigenvalue weighted by atomic mass is 16.2. The summed E-state index contributed by atoms with van der Waals surface area (Å²) in [5.41, 5.74) is 7.74. The van der Waals surface area contributed by atoms with Crippen LogP contribution in [0.15, 0.2) is 36.5 Å². The first kappa shape index (κ1) is 13.1. The highest BCUT2D eigenvalue weighted by Crippen LogP contribution is 2.16. The van der Waals surface area contributed by atoms with Crippen LogP contribution in [0.2, 0.25) is 0 Å². The Kier molecular flexibility index (Phi) is 3.85. The van der Waals surface area contributed by atoms with E-state index in [1.807, 2.05) is 38.1 Å². The van der Waals surface area contributed by atoms with Gasteiger partial charge >= 0.3 is 0 Å². The minimum atomic E-state index is -0.0572. The van der Waals surface area contributed by atoms with Crippen molar-refractivity contribution in [2.45, 2.75) is 13.8 Å². The molecule has 0 aliphatic rings. The van der Waals surface area contributed by atoms with Gasteiger partial charge in [-0.05, 0) is 32.0 Å². The number of benzene rings is 1. The van der Waals surface area contributed by atoms with Crippen LogP contribution >= 0.6 is 0 Å². The van der Waals surface area contributed by atoms with E-state index in [1.54, 1.807) is 21.8 Å². The molecular weight excluding hydrogens is 240 g/mol. The summed E-state index contributed by atoms with van der Waals surface area (Å²) in [4.78, 5) is 13.9. The van der Waals surface area contributed by atoms with E-state index < -0.39 is 0 Å². The van der Waals surface area contributed by atoms with Crippen LogP contribution in [0, 0.1) is 0 Å². The number of carbonyl (C=O) groups excluding carboxylic acids is 1. The molecule has 1 aromatic heterocycles. The molecule has 0 saturated heterocycles. The van der Waals surface area contributed by atoms with Crippen molar-refractivity contribution >= 4 is 11.6 Å². The standard InChI is InChI=1S/C14H18N4O/c1-3-17(4-2)14(19)12-9-10-18(16-12)13-8-6-5-7-11(13)15/h5-10H,3-4,15H2,1-2H3. The lowest BCUT2D eigenvalue weighted by Crippen LogP contribution is -2.30. The van der Waals surface area contributed by atoms with Crippen molar-refractivity contribution in [1.29, 1.82) is 0 Å². The Morgan fingerprint density at radius 1 is 1.26 bits per heavy atom. The molecule has 0 spiro atoms. The van der Waals surface area contributed by atoms with Gasteiger partial charge in [-0.3, -0.25) is 4.79 Å². The molecule has 0 atom stereocenters. The minimum absolute atomic E-state index is 0.0572. The summed E-state index contributed by atoms with van der Waals surface area (Å²) >= 11 is 0. The van der Waals surface area contributed by atoms with Gasteiger partial charge in [-0.1, -0.05) is 12.1 Å². The largest absolute Gasteiger partial charge is 0.397 e. The van der Waals surface area contributed by atoms with E-state index in [0.717, 1.165) is 5.69 Å². The van der Waals surface area contributed by atoms with Crippen molar-refractivity contribution in [3.63, 3.8) is 0 Å². The lowest BCUT2D eigenvalue weighted by molar-refractivity contribution is 0.0766. The molecule has 1 amide bonds. The van der Waals surface area contributed by atoms with Crippen LogP contribution in [0.4, 0.5) is 5.69 Å². The summed E-state index contributed by atoms with van der Waals surface area (Å²) in [7, 11) is 0. The van der Waals surface area contributed by atoms with Crippen LogP contribution in [0.1, 0.15) is 24.3 Å². The van der Waals surface area contributed by atoms with Crippen LogP contribution in [0.5, 0.6) is 0 Å². The molecule has 19 heavy (non-hydrogen) atoms. The molecule has 0 aliphatic carbocycles. The number of hydrogen-bond acceptors (Lipinski definition) is 3. The number of nitrogen functional groups attached to an aromatic ring is 1. The molecule has 5 heteroatoms. The summed E-state index contributed by atoms with van der Waals surface area (Å²) in [6.45, 7) is 5.26. The van der Waals surface area contributed by atoms with Crippen molar-refractivity contribution < 1.29 is 4.79 Å². The zero-order chi connectivity index (χ0) is 13.8. The van der Waals surface area contributed by atoms with Crippen molar-refractivity contribution in [2.24, 2.45) is 0 Å². The molecule has 2 N–H and O–H groups in total. The van der Waals surface area contributed by atoms with E-state index in [9.17, 15) is 4.79 Å². The quantitative estimate of drug-likeness (QED) is 0.852. The molecule has 0 radical (unpaired) electrons. The summed E-state index contributed by atoms with van der Waals surface area (Å²) in [5.74, 6) is -0.0572. The summed E-state index contributed by atoms with van der Waals surface area (Å²) in [5, 5.41) is 4.30. The predicted molar refractivity (Wildman–Crippen MR) is 75.2 cm³/mol. The Morgan fingerprint density at radius 2 is 1.95 bits per heavy atom. The van der Waals surface area contributed by atoms with Gasteiger partial charge < -0.3 is 10.6 Å². The summed E-state index contributed by atoms with van der Waals surface area (Å²) < 4.78 is 1.63. The lowest BCUT2D eigenvalue weighted by Gasteiger charge is -2.16. The van der Waals surface area contributed by atoms with Crippen LogP contribution in [0.3, 0.4) is 0 Å². The highest BCUT2D eigenvalue weighted by Gasteiger charge is 2.15. The Bertz CT molecular complexity index is 572. The number of rotatable bonds is 4. The zero-order valence-electron chi connectivity index (χ0n) is 11.2. The van der Waals surface area contributed by atoms with Gasteiger partial charge in [0.1, 0.15) is 0 Å². The minimum Gasteiger partial charge on any atom is -0.397 e. The molecule has 100 valence electrons. The number of nitrogens with two attached hydrogens (primary N) is 1. The van der Waals surface area contributed by atoms with Crippen LogP contribution in [-0.4, -0.2) is 33.7 Å². The molecule has 2 rings (SSSR count). The number of nitrogens with zero attached hydrogens (tertiary/aromatic N) is 3. The first-order valence-electron chi connectivity index (χ1n) is 6.37. The highest BCUT2D eigenvalue weighted by molar-refractivity contribution is 5.92. The number of hydrogen-bond donors (Lipinski definition) is 1. The number of para-hydroxylation sites is 2. The fourth-order valence-corrected chi connectivity index (χ4v) is 1.94. The van der Waals surface area contributed by atoms with E-state index in [-0.39, 0.29) is 5.91 Å². The zero-order valence-corrected chi connectivity index (χ0v) is 11.2. The van der Waals surface area contributed by atoms with Crippen molar-refractivity contribution in [1.82, 2.24) is 14.7 Å². The van der Waals surface area contributed by atoms with Gasteiger partial charge in [-0.25, -0.2) is 4.68 Å². The maximum atomic E-state index is 12.2. The average molecular weight is 258 g/mol. The monoisotopic (exact) mass is 258 g/mol. The molecule has 0 fully saturated rings. The van der Waals surface area contributed by atoms with E-state index in [0.29, 0.717) is 24.5 Å². The van der Waals surface area contributed by atoms with Crippen molar-refractivity contribution in [3.8, 4) is 5.69 Å². The number of amides is 1. The Labute approximate surface area is 112 Å². The molecule has 0 aliphatic heterocycles. The van der Waals surface area contributed by atoms with E-state index in [2.05, 4.69) is 5.10 Å². The second kappa shape index (κ2) is 5.56. The smallest absolute Gasteiger partial charge is 0.274 e.